The van der Waals surface area contributed by atoms with Crippen LogP contribution in [0.3, 0.4) is 0 Å². The minimum atomic E-state index is 0.496. The Hall–Kier alpha value is -2.41. The summed E-state index contributed by atoms with van der Waals surface area (Å²) in [5, 5.41) is 13.9. The van der Waals surface area contributed by atoms with Gasteiger partial charge in [-0.3, -0.25) is 5.10 Å². The van der Waals surface area contributed by atoms with Crippen LogP contribution in [0.2, 0.25) is 0 Å². The van der Waals surface area contributed by atoms with Gasteiger partial charge in [-0.05, 0) is 44.4 Å². The highest BCUT2D eigenvalue weighted by Gasteiger charge is 2.19. The Bertz CT molecular complexity index is 718. The second-order valence-corrected chi connectivity index (χ2v) is 7.34. The van der Waals surface area contributed by atoms with Gasteiger partial charge < -0.3 is 15.5 Å². The molecule has 3 rings (SSSR count). The fraction of sp³-hybridized carbons (Fsp3) is 0.571. The van der Waals surface area contributed by atoms with Gasteiger partial charge in [-0.1, -0.05) is 31.5 Å². The molecule has 0 saturated carbocycles. The fourth-order valence-electron chi connectivity index (χ4n) is 3.53. The van der Waals surface area contributed by atoms with Gasteiger partial charge in [-0.15, -0.1) is 0 Å². The summed E-state index contributed by atoms with van der Waals surface area (Å²) < 4.78 is 0. The third-order valence-electron chi connectivity index (χ3n) is 5.14. The van der Waals surface area contributed by atoms with E-state index < -0.39 is 0 Å². The van der Waals surface area contributed by atoms with Crippen molar-refractivity contribution in [1.29, 1.82) is 0 Å². The zero-order valence-electron chi connectivity index (χ0n) is 17.1. The van der Waals surface area contributed by atoms with Crippen LogP contribution in [0.1, 0.15) is 45.1 Å². The van der Waals surface area contributed by atoms with Crippen LogP contribution in [0.4, 0.5) is 0 Å². The largest absolute Gasteiger partial charge is 0.357 e. The van der Waals surface area contributed by atoms with Gasteiger partial charge in [0.1, 0.15) is 6.33 Å². The van der Waals surface area contributed by atoms with E-state index >= 15 is 0 Å². The maximum absolute atomic E-state index is 4.80. The van der Waals surface area contributed by atoms with Gasteiger partial charge in [0, 0.05) is 31.2 Å². The van der Waals surface area contributed by atoms with E-state index in [9.17, 15) is 0 Å². The number of nitrogens with one attached hydrogen (secondary N) is 3. The van der Waals surface area contributed by atoms with Crippen molar-refractivity contribution in [3.8, 4) is 11.4 Å². The number of aromatic amines is 1. The average Bonchev–Trinajstić information content (AvgIpc) is 3.27. The molecule has 1 aromatic carbocycles. The highest BCUT2D eigenvalue weighted by molar-refractivity contribution is 5.80. The van der Waals surface area contributed by atoms with E-state index in [1.54, 1.807) is 0 Å². The molecule has 0 amide bonds. The van der Waals surface area contributed by atoms with E-state index in [4.69, 9.17) is 4.99 Å². The molecule has 1 saturated heterocycles. The first kappa shape index (κ1) is 20.3. The summed E-state index contributed by atoms with van der Waals surface area (Å²) in [6.07, 6.45) is 6.45. The minimum Gasteiger partial charge on any atom is -0.357 e. The summed E-state index contributed by atoms with van der Waals surface area (Å²) in [5.74, 6) is 1.69. The third-order valence-corrected chi connectivity index (χ3v) is 5.14. The maximum atomic E-state index is 4.80. The Kier molecular flexibility index (Phi) is 7.84. The van der Waals surface area contributed by atoms with Crippen molar-refractivity contribution in [1.82, 2.24) is 30.7 Å². The first-order valence-electron chi connectivity index (χ1n) is 10.5. The lowest BCUT2D eigenvalue weighted by Crippen LogP contribution is -2.48. The molecular weight excluding hydrogens is 350 g/mol. The summed E-state index contributed by atoms with van der Waals surface area (Å²) in [7, 11) is 0. The van der Waals surface area contributed by atoms with Crippen LogP contribution in [-0.4, -0.2) is 58.3 Å². The highest BCUT2D eigenvalue weighted by atomic mass is 15.2. The van der Waals surface area contributed by atoms with Crippen LogP contribution in [0.25, 0.3) is 11.4 Å². The average molecular weight is 384 g/mol. The van der Waals surface area contributed by atoms with E-state index in [0.29, 0.717) is 12.6 Å². The monoisotopic (exact) mass is 383 g/mol. The van der Waals surface area contributed by atoms with Crippen LogP contribution in [-0.2, 0) is 6.54 Å². The molecule has 0 spiro atoms. The number of aromatic nitrogens is 3. The molecule has 0 unspecified atom stereocenters. The van der Waals surface area contributed by atoms with Crippen LogP contribution in [0.5, 0.6) is 0 Å². The predicted octanol–water partition coefficient (Wildman–Crippen LogP) is 2.79. The van der Waals surface area contributed by atoms with E-state index in [-0.39, 0.29) is 0 Å². The predicted molar refractivity (Wildman–Crippen MR) is 114 cm³/mol. The Labute approximate surface area is 168 Å². The molecule has 1 aliphatic rings. The van der Waals surface area contributed by atoms with Gasteiger partial charge in [0.15, 0.2) is 11.8 Å². The molecule has 152 valence electrons. The van der Waals surface area contributed by atoms with Gasteiger partial charge in [0.05, 0.1) is 6.54 Å². The second-order valence-electron chi connectivity index (χ2n) is 7.34. The number of benzene rings is 1. The molecule has 7 heteroatoms. The number of nitrogens with zero attached hydrogens (tertiary/aromatic N) is 4. The molecule has 1 aliphatic heterocycles. The molecule has 0 radical (unpaired) electrons. The lowest BCUT2D eigenvalue weighted by atomic mass is 10.0. The number of unbranched alkanes of at least 4 members (excludes halogenated alkanes) is 1. The van der Waals surface area contributed by atoms with Crippen molar-refractivity contribution in [2.24, 2.45) is 4.99 Å². The number of hydrogen-bond donors (Lipinski definition) is 3. The summed E-state index contributed by atoms with van der Waals surface area (Å²) in [5.41, 5.74) is 2.18. The fourth-order valence-corrected chi connectivity index (χ4v) is 3.53. The van der Waals surface area contributed by atoms with Gasteiger partial charge >= 0.3 is 0 Å². The summed E-state index contributed by atoms with van der Waals surface area (Å²) in [4.78, 5) is 11.6. The molecule has 0 atom stereocenters. The zero-order valence-corrected chi connectivity index (χ0v) is 17.1. The molecule has 3 N–H and O–H groups in total. The van der Waals surface area contributed by atoms with E-state index in [0.717, 1.165) is 29.5 Å². The van der Waals surface area contributed by atoms with Gasteiger partial charge in [0.25, 0.3) is 0 Å². The van der Waals surface area contributed by atoms with Gasteiger partial charge in [0.2, 0.25) is 0 Å². The third kappa shape index (κ3) is 6.05. The molecule has 2 aromatic rings. The summed E-state index contributed by atoms with van der Waals surface area (Å²) in [6, 6.07) is 8.77. The number of rotatable bonds is 8. The topological polar surface area (TPSA) is 81.2 Å². The van der Waals surface area contributed by atoms with Crippen molar-refractivity contribution in [2.75, 3.05) is 26.2 Å². The Morgan fingerprint density at radius 1 is 1.29 bits per heavy atom. The summed E-state index contributed by atoms with van der Waals surface area (Å²) in [6.45, 7) is 9.45. The molecule has 28 heavy (non-hydrogen) atoms. The van der Waals surface area contributed by atoms with Crippen LogP contribution in [0, 0.1) is 0 Å². The maximum Gasteiger partial charge on any atom is 0.191 e. The molecule has 1 fully saturated rings. The Morgan fingerprint density at radius 3 is 2.86 bits per heavy atom. The van der Waals surface area contributed by atoms with Crippen LogP contribution >= 0.6 is 0 Å². The second kappa shape index (κ2) is 10.8. The van der Waals surface area contributed by atoms with Gasteiger partial charge in [-0.25, -0.2) is 9.98 Å². The first-order chi connectivity index (χ1) is 13.8. The van der Waals surface area contributed by atoms with Crippen molar-refractivity contribution >= 4 is 5.96 Å². The first-order valence-corrected chi connectivity index (χ1v) is 10.5. The van der Waals surface area contributed by atoms with Crippen LogP contribution < -0.4 is 10.6 Å². The Morgan fingerprint density at radius 2 is 2.14 bits per heavy atom. The zero-order chi connectivity index (χ0) is 19.6. The van der Waals surface area contributed by atoms with E-state index in [2.05, 4.69) is 56.7 Å². The van der Waals surface area contributed by atoms with Gasteiger partial charge in [-0.2, -0.15) is 5.10 Å². The molecular formula is C21H33N7. The number of hydrogen-bond acceptors (Lipinski definition) is 4. The van der Waals surface area contributed by atoms with Crippen molar-refractivity contribution in [3.63, 3.8) is 0 Å². The smallest absolute Gasteiger partial charge is 0.191 e. The molecule has 0 bridgehead atoms. The number of guanidine groups is 1. The lowest BCUT2D eigenvalue weighted by Gasteiger charge is -2.33. The highest BCUT2D eigenvalue weighted by Crippen LogP contribution is 2.16. The molecule has 7 nitrogen and oxygen atoms in total. The lowest BCUT2D eigenvalue weighted by molar-refractivity contribution is 0.203. The Balaban J connectivity index is 1.55. The quantitative estimate of drug-likeness (QED) is 0.482. The van der Waals surface area contributed by atoms with Crippen molar-refractivity contribution in [3.05, 3.63) is 36.2 Å². The van der Waals surface area contributed by atoms with Crippen molar-refractivity contribution < 1.29 is 0 Å². The molecule has 1 aromatic heterocycles. The van der Waals surface area contributed by atoms with E-state index in [1.165, 1.54) is 51.6 Å². The number of likely N-dealkylation sites (tertiary alicyclic amines) is 1. The molecule has 2 heterocycles. The van der Waals surface area contributed by atoms with Crippen molar-refractivity contribution in [2.45, 2.75) is 52.1 Å². The minimum absolute atomic E-state index is 0.496. The van der Waals surface area contributed by atoms with Crippen LogP contribution in [0.15, 0.2) is 35.6 Å². The van der Waals surface area contributed by atoms with E-state index in [1.807, 2.05) is 12.1 Å². The summed E-state index contributed by atoms with van der Waals surface area (Å²) >= 11 is 0. The molecule has 0 aliphatic carbocycles. The number of piperidine rings is 1. The normalized spacial score (nSPS) is 16.3. The SMILES string of the molecule is CCCCN1CCC(NC(=NCc2cccc(-c3ncn[nH]3)c2)NCC)CC1. The number of aliphatic imine (C=N–C) groups is 1. The number of H-pyrrole nitrogens is 1. The standard InChI is InChI=1S/C21H33N7/c1-3-5-11-28-12-9-19(10-13-28)26-21(22-4-2)23-15-17-7-6-8-18(14-17)20-24-16-25-27-20/h6-8,14,16,19H,3-5,9-13,15H2,1-2H3,(H2,22,23,26)(H,24,25,27).